The van der Waals surface area contributed by atoms with Crippen molar-refractivity contribution >= 4 is 39.5 Å². The fourth-order valence-corrected chi connectivity index (χ4v) is 12.5. The normalized spacial score (nSPS) is 14.4. The molecule has 0 heterocycles. The highest BCUT2D eigenvalue weighted by atomic mass is 31.2. The van der Waals surface area contributed by atoms with E-state index >= 15 is 0 Å². The number of carbonyl (C=O) groups is 4. The van der Waals surface area contributed by atoms with Crippen molar-refractivity contribution in [2.24, 2.45) is 11.8 Å². The Morgan fingerprint density at radius 2 is 0.560 bits per heavy atom. The van der Waals surface area contributed by atoms with Gasteiger partial charge in [0.1, 0.15) is 19.3 Å². The molecule has 0 fully saturated rings. The molecular weight excluding hydrogens is 1200 g/mol. The van der Waals surface area contributed by atoms with Gasteiger partial charge in [-0.1, -0.05) is 318 Å². The summed E-state index contributed by atoms with van der Waals surface area (Å²) in [7, 11) is -9.90. The molecule has 0 aliphatic rings. The zero-order valence-electron chi connectivity index (χ0n) is 59.1. The lowest BCUT2D eigenvalue weighted by molar-refractivity contribution is -0.161. The molecule has 540 valence electrons. The number of hydrogen-bond acceptors (Lipinski definition) is 15. The van der Waals surface area contributed by atoms with Crippen molar-refractivity contribution in [1.82, 2.24) is 0 Å². The van der Waals surface area contributed by atoms with Gasteiger partial charge in [0.15, 0.2) is 12.2 Å². The second kappa shape index (κ2) is 64.1. The van der Waals surface area contributed by atoms with Crippen LogP contribution in [0.1, 0.15) is 369 Å². The quantitative estimate of drug-likeness (QED) is 0.0222. The summed E-state index contributed by atoms with van der Waals surface area (Å²) in [4.78, 5) is 72.6. The molecule has 17 nitrogen and oxygen atoms in total. The Labute approximate surface area is 556 Å². The van der Waals surface area contributed by atoms with E-state index in [4.69, 9.17) is 37.0 Å². The van der Waals surface area contributed by atoms with Gasteiger partial charge >= 0.3 is 39.5 Å². The van der Waals surface area contributed by atoms with Gasteiger partial charge in [-0.2, -0.15) is 0 Å². The molecule has 0 aliphatic carbocycles. The Balaban J connectivity index is 5.23. The number of unbranched alkanes of at least 4 members (excludes halogenated alkanes) is 40. The summed E-state index contributed by atoms with van der Waals surface area (Å²) in [5.74, 6) is -0.617. The summed E-state index contributed by atoms with van der Waals surface area (Å²) in [6.07, 6.45) is 50.0. The maximum Gasteiger partial charge on any atom is 0.472 e. The third-order valence-electron chi connectivity index (χ3n) is 17.1. The predicted molar refractivity (Wildman–Crippen MR) is 368 cm³/mol. The maximum atomic E-state index is 13.0. The van der Waals surface area contributed by atoms with E-state index < -0.39 is 97.5 Å². The minimum absolute atomic E-state index is 0.103. The van der Waals surface area contributed by atoms with Gasteiger partial charge < -0.3 is 33.8 Å². The van der Waals surface area contributed by atoms with E-state index in [0.29, 0.717) is 25.7 Å². The highest BCUT2D eigenvalue weighted by molar-refractivity contribution is 7.47. The van der Waals surface area contributed by atoms with Crippen LogP contribution in [0.2, 0.25) is 0 Å². The van der Waals surface area contributed by atoms with E-state index in [1.165, 1.54) is 186 Å². The first-order chi connectivity index (χ1) is 43.9. The van der Waals surface area contributed by atoms with Crippen molar-refractivity contribution in [3.8, 4) is 0 Å². The first kappa shape index (κ1) is 89.1. The Bertz CT molecular complexity index is 1770. The van der Waals surface area contributed by atoms with Gasteiger partial charge in [0, 0.05) is 25.7 Å². The summed E-state index contributed by atoms with van der Waals surface area (Å²) >= 11 is 0. The summed E-state index contributed by atoms with van der Waals surface area (Å²) < 4.78 is 68.3. The third-order valence-corrected chi connectivity index (χ3v) is 19.0. The van der Waals surface area contributed by atoms with Crippen LogP contribution in [0.3, 0.4) is 0 Å². The fourth-order valence-electron chi connectivity index (χ4n) is 10.9. The van der Waals surface area contributed by atoms with Gasteiger partial charge in [0.2, 0.25) is 0 Å². The minimum Gasteiger partial charge on any atom is -0.462 e. The highest BCUT2D eigenvalue weighted by Gasteiger charge is 2.30. The van der Waals surface area contributed by atoms with Crippen LogP contribution in [0.4, 0.5) is 0 Å². The molecule has 0 amide bonds. The molecule has 3 N–H and O–H groups in total. The van der Waals surface area contributed by atoms with Gasteiger partial charge in [-0.05, 0) is 37.5 Å². The van der Waals surface area contributed by atoms with Crippen LogP contribution in [0.25, 0.3) is 0 Å². The van der Waals surface area contributed by atoms with Crippen LogP contribution < -0.4 is 0 Å². The molecular formula is C72H140O17P2. The molecule has 0 rings (SSSR count). The molecule has 6 atom stereocenters. The second-order valence-electron chi connectivity index (χ2n) is 26.7. The van der Waals surface area contributed by atoms with Crippen molar-refractivity contribution in [2.75, 3.05) is 39.6 Å². The van der Waals surface area contributed by atoms with Crippen molar-refractivity contribution < 1.29 is 80.2 Å². The van der Waals surface area contributed by atoms with Crippen molar-refractivity contribution in [3.63, 3.8) is 0 Å². The van der Waals surface area contributed by atoms with Gasteiger partial charge in [-0.15, -0.1) is 0 Å². The Hall–Kier alpha value is -1.94. The number of aliphatic hydroxyl groups is 1. The monoisotopic (exact) mass is 1340 g/mol. The topological polar surface area (TPSA) is 237 Å². The molecule has 0 saturated carbocycles. The number of phosphoric acid groups is 2. The van der Waals surface area contributed by atoms with Crippen LogP contribution in [0, 0.1) is 11.8 Å². The summed E-state index contributed by atoms with van der Waals surface area (Å²) in [6, 6.07) is 0. The molecule has 0 aromatic carbocycles. The number of esters is 4. The lowest BCUT2D eigenvalue weighted by Gasteiger charge is -2.21. The molecule has 0 bridgehead atoms. The second-order valence-corrected chi connectivity index (χ2v) is 29.6. The van der Waals surface area contributed by atoms with Crippen LogP contribution >= 0.6 is 15.6 Å². The highest BCUT2D eigenvalue weighted by Crippen LogP contribution is 2.45. The lowest BCUT2D eigenvalue weighted by Crippen LogP contribution is -2.30. The fraction of sp³-hybridized carbons (Fsp3) is 0.944. The van der Waals surface area contributed by atoms with Crippen molar-refractivity contribution in [1.29, 1.82) is 0 Å². The zero-order chi connectivity index (χ0) is 67.2. The van der Waals surface area contributed by atoms with Crippen LogP contribution in [-0.4, -0.2) is 96.7 Å². The summed E-state index contributed by atoms with van der Waals surface area (Å²) in [5.41, 5.74) is 0. The van der Waals surface area contributed by atoms with Crippen LogP contribution in [0.15, 0.2) is 0 Å². The average molecular weight is 1340 g/mol. The lowest BCUT2D eigenvalue weighted by atomic mass is 10.00. The number of phosphoric ester groups is 2. The van der Waals surface area contributed by atoms with Crippen LogP contribution in [-0.2, 0) is 65.4 Å². The molecule has 0 aromatic heterocycles. The number of ether oxygens (including phenoxy) is 4. The van der Waals surface area contributed by atoms with Gasteiger partial charge in [0.05, 0.1) is 26.4 Å². The smallest absolute Gasteiger partial charge is 0.462 e. The third kappa shape index (κ3) is 65.1. The average Bonchev–Trinajstić information content (AvgIpc) is 3.34. The minimum atomic E-state index is -4.95. The van der Waals surface area contributed by atoms with Gasteiger partial charge in [-0.3, -0.25) is 37.3 Å². The molecule has 0 saturated heterocycles. The van der Waals surface area contributed by atoms with Gasteiger partial charge in [0.25, 0.3) is 0 Å². The molecule has 0 aromatic rings. The number of aliphatic hydroxyl groups excluding tert-OH is 1. The molecule has 0 radical (unpaired) electrons. The molecule has 0 spiro atoms. The molecule has 3 unspecified atom stereocenters. The van der Waals surface area contributed by atoms with Crippen molar-refractivity contribution in [3.05, 3.63) is 0 Å². The summed E-state index contributed by atoms with van der Waals surface area (Å²) in [5, 5.41) is 10.6. The number of rotatable bonds is 71. The van der Waals surface area contributed by atoms with Crippen LogP contribution in [0.5, 0.6) is 0 Å². The number of hydrogen-bond donors (Lipinski definition) is 3. The largest absolute Gasteiger partial charge is 0.472 e. The predicted octanol–water partition coefficient (Wildman–Crippen LogP) is 20.8. The zero-order valence-corrected chi connectivity index (χ0v) is 60.9. The van der Waals surface area contributed by atoms with E-state index in [1.807, 2.05) is 0 Å². The Morgan fingerprint density at radius 3 is 0.835 bits per heavy atom. The van der Waals surface area contributed by atoms with E-state index in [-0.39, 0.29) is 25.7 Å². The van der Waals surface area contributed by atoms with Gasteiger partial charge in [-0.25, -0.2) is 9.13 Å². The SMILES string of the molecule is CCCCCCCCCCCCCCCCCCC(=O)OC[C@H](COP(=O)(O)OC[C@@H](O)COP(=O)(O)OC[C@@H](COC(=O)CCCCCCCCCCC)OC(=O)CCCCCCCCC(C)CC)OC(=O)CCCCCCCCCCCCCCCC(C)C. The number of carbonyl (C=O) groups excluding carboxylic acids is 4. The Kier molecular flexibility index (Phi) is 62.7. The van der Waals surface area contributed by atoms with E-state index in [1.54, 1.807) is 0 Å². The molecule has 19 heteroatoms. The molecule has 91 heavy (non-hydrogen) atoms. The van der Waals surface area contributed by atoms with Crippen molar-refractivity contribution in [2.45, 2.75) is 387 Å². The Morgan fingerprint density at radius 1 is 0.319 bits per heavy atom. The molecule has 0 aliphatic heterocycles. The van der Waals surface area contributed by atoms with E-state index in [2.05, 4.69) is 41.5 Å². The van der Waals surface area contributed by atoms with E-state index in [9.17, 15) is 43.2 Å². The maximum absolute atomic E-state index is 13.0. The summed E-state index contributed by atoms with van der Waals surface area (Å²) in [6.45, 7) is 9.52. The van der Waals surface area contributed by atoms with E-state index in [0.717, 1.165) is 102 Å². The first-order valence-electron chi connectivity index (χ1n) is 37.5. The standard InChI is InChI=1S/C72H140O17P2/c1-7-10-12-14-16-18-19-20-21-22-25-28-32-36-43-49-55-70(75)83-60-67(88-71(76)56-50-44-37-33-29-26-23-24-27-31-34-40-46-52-64(4)5)62-86-90(78,79)84-58-66(73)59-85-91(80,81)87-63-68(61-82-69(74)54-48-42-35-30-17-15-13-11-8-2)89-72(77)57-51-45-39-38-41-47-53-65(6)9-3/h64-68,73H,7-63H2,1-6H3,(H,78,79)(H,80,81)/t65?,66-,67-,68-/m1/s1. The first-order valence-corrected chi connectivity index (χ1v) is 40.5.